The first kappa shape index (κ1) is 14.0. The fourth-order valence-electron chi connectivity index (χ4n) is 2.54. The van der Waals surface area contributed by atoms with Gasteiger partial charge in [0, 0.05) is 6.54 Å². The highest BCUT2D eigenvalue weighted by atomic mass is 16.5. The third-order valence-corrected chi connectivity index (χ3v) is 3.51. The lowest BCUT2D eigenvalue weighted by Gasteiger charge is -2.33. The second-order valence-electron chi connectivity index (χ2n) is 4.73. The molecule has 1 aromatic rings. The molecule has 2 rings (SSSR count). The van der Waals surface area contributed by atoms with Gasteiger partial charge in [0.15, 0.2) is 0 Å². The molecule has 0 radical (unpaired) electrons. The van der Waals surface area contributed by atoms with Crippen LogP contribution in [0.2, 0.25) is 0 Å². The summed E-state index contributed by atoms with van der Waals surface area (Å²) in [5.41, 5.74) is 0. The van der Waals surface area contributed by atoms with Gasteiger partial charge < -0.3 is 4.74 Å². The van der Waals surface area contributed by atoms with Crippen LogP contribution >= 0.6 is 0 Å². The average Bonchev–Trinajstić information content (AvgIpc) is 2.87. The van der Waals surface area contributed by atoms with Crippen molar-refractivity contribution in [3.05, 3.63) is 12.2 Å². The molecule has 106 valence electrons. The Kier molecular flexibility index (Phi) is 4.90. The Hall–Kier alpha value is -1.43. The van der Waals surface area contributed by atoms with Crippen molar-refractivity contribution in [2.24, 2.45) is 0 Å². The lowest BCUT2D eigenvalue weighted by atomic mass is 10.0. The summed E-state index contributed by atoms with van der Waals surface area (Å²) in [7, 11) is 0. The molecule has 0 spiro atoms. The van der Waals surface area contributed by atoms with Crippen LogP contribution in [-0.2, 0) is 22.6 Å². The minimum Gasteiger partial charge on any atom is -0.465 e. The summed E-state index contributed by atoms with van der Waals surface area (Å²) in [4.78, 5) is 18.4. The molecule has 1 atom stereocenters. The van der Waals surface area contributed by atoms with Gasteiger partial charge in [-0.25, -0.2) is 9.67 Å². The van der Waals surface area contributed by atoms with Crippen LogP contribution in [0.4, 0.5) is 0 Å². The Morgan fingerprint density at radius 2 is 2.32 bits per heavy atom. The van der Waals surface area contributed by atoms with E-state index in [0.717, 1.165) is 38.2 Å². The molecule has 1 aliphatic rings. The number of carbonyl (C=O) groups excluding carboxylic acids is 1. The van der Waals surface area contributed by atoms with E-state index >= 15 is 0 Å². The van der Waals surface area contributed by atoms with Gasteiger partial charge in [-0.05, 0) is 33.2 Å². The van der Waals surface area contributed by atoms with Crippen molar-refractivity contribution in [3.8, 4) is 0 Å². The molecular formula is C13H22N4O2. The van der Waals surface area contributed by atoms with E-state index in [1.807, 2.05) is 18.5 Å². The molecule has 1 aliphatic heterocycles. The van der Waals surface area contributed by atoms with Crippen LogP contribution in [0, 0.1) is 0 Å². The van der Waals surface area contributed by atoms with E-state index in [1.54, 1.807) is 6.33 Å². The first-order valence-corrected chi connectivity index (χ1v) is 7.03. The van der Waals surface area contributed by atoms with E-state index in [1.165, 1.54) is 0 Å². The van der Waals surface area contributed by atoms with E-state index in [9.17, 15) is 4.79 Å². The molecule has 0 aromatic carbocycles. The summed E-state index contributed by atoms with van der Waals surface area (Å²) in [6, 6.07) is -0.129. The first-order valence-electron chi connectivity index (χ1n) is 7.03. The topological polar surface area (TPSA) is 60.2 Å². The normalized spacial score (nSPS) is 20.4. The van der Waals surface area contributed by atoms with Gasteiger partial charge in [-0.1, -0.05) is 6.42 Å². The van der Waals surface area contributed by atoms with Gasteiger partial charge in [-0.15, -0.1) is 0 Å². The molecule has 0 bridgehead atoms. The molecule has 0 amide bonds. The SMILES string of the molecule is CCOC(=O)C1CCCCN1Cc1ncnn1CC. The first-order chi connectivity index (χ1) is 9.26. The molecular weight excluding hydrogens is 244 g/mol. The highest BCUT2D eigenvalue weighted by Gasteiger charge is 2.30. The zero-order chi connectivity index (χ0) is 13.7. The quantitative estimate of drug-likeness (QED) is 0.750. The molecule has 6 nitrogen and oxygen atoms in total. The zero-order valence-corrected chi connectivity index (χ0v) is 11.7. The zero-order valence-electron chi connectivity index (χ0n) is 11.7. The number of hydrogen-bond acceptors (Lipinski definition) is 5. The molecule has 19 heavy (non-hydrogen) atoms. The predicted octanol–water partition coefficient (Wildman–Crippen LogP) is 1.22. The molecule has 0 aliphatic carbocycles. The van der Waals surface area contributed by atoms with Crippen molar-refractivity contribution in [2.75, 3.05) is 13.2 Å². The van der Waals surface area contributed by atoms with E-state index in [0.29, 0.717) is 13.2 Å². The van der Waals surface area contributed by atoms with Crippen molar-refractivity contribution in [3.63, 3.8) is 0 Å². The second-order valence-corrected chi connectivity index (χ2v) is 4.73. The number of rotatable bonds is 5. The number of aromatic nitrogens is 3. The molecule has 6 heteroatoms. The largest absolute Gasteiger partial charge is 0.465 e. The Labute approximate surface area is 113 Å². The van der Waals surface area contributed by atoms with Crippen LogP contribution in [0.15, 0.2) is 6.33 Å². The summed E-state index contributed by atoms with van der Waals surface area (Å²) in [6.45, 7) is 6.70. The van der Waals surface area contributed by atoms with Crippen LogP contribution in [0.5, 0.6) is 0 Å². The van der Waals surface area contributed by atoms with Gasteiger partial charge in [0.2, 0.25) is 0 Å². The average molecular weight is 266 g/mol. The summed E-state index contributed by atoms with van der Waals surface area (Å²) in [6.07, 6.45) is 4.65. The Morgan fingerprint density at radius 1 is 1.47 bits per heavy atom. The van der Waals surface area contributed by atoms with Crippen molar-refractivity contribution in [2.45, 2.75) is 52.2 Å². The highest BCUT2D eigenvalue weighted by Crippen LogP contribution is 2.20. The van der Waals surface area contributed by atoms with Crippen LogP contribution < -0.4 is 0 Å². The maximum absolute atomic E-state index is 12.0. The fraction of sp³-hybridized carbons (Fsp3) is 0.769. The van der Waals surface area contributed by atoms with Gasteiger partial charge >= 0.3 is 5.97 Å². The molecule has 1 saturated heterocycles. The second kappa shape index (κ2) is 6.65. The van der Waals surface area contributed by atoms with Gasteiger partial charge in [0.1, 0.15) is 18.2 Å². The molecule has 0 N–H and O–H groups in total. The molecule has 1 aromatic heterocycles. The van der Waals surface area contributed by atoms with Crippen molar-refractivity contribution in [1.29, 1.82) is 0 Å². The van der Waals surface area contributed by atoms with E-state index in [4.69, 9.17) is 4.74 Å². The summed E-state index contributed by atoms with van der Waals surface area (Å²) in [5.74, 6) is 0.809. The number of hydrogen-bond donors (Lipinski definition) is 0. The monoisotopic (exact) mass is 266 g/mol. The molecule has 0 saturated carbocycles. The van der Waals surface area contributed by atoms with Crippen LogP contribution in [-0.4, -0.2) is 44.8 Å². The van der Waals surface area contributed by atoms with Crippen LogP contribution in [0.25, 0.3) is 0 Å². The number of ether oxygens (including phenoxy) is 1. The molecule has 1 unspecified atom stereocenters. The number of piperidine rings is 1. The van der Waals surface area contributed by atoms with Crippen LogP contribution in [0.3, 0.4) is 0 Å². The third kappa shape index (κ3) is 3.32. The smallest absolute Gasteiger partial charge is 0.323 e. The van der Waals surface area contributed by atoms with Gasteiger partial charge in [-0.2, -0.15) is 5.10 Å². The molecule has 2 heterocycles. The number of esters is 1. The van der Waals surface area contributed by atoms with Crippen molar-refractivity contribution < 1.29 is 9.53 Å². The van der Waals surface area contributed by atoms with Crippen LogP contribution in [0.1, 0.15) is 38.9 Å². The Balaban J connectivity index is 2.05. The van der Waals surface area contributed by atoms with E-state index < -0.39 is 0 Å². The van der Waals surface area contributed by atoms with Gasteiger partial charge in [0.25, 0.3) is 0 Å². The number of carbonyl (C=O) groups is 1. The standard InChI is InChI=1S/C13H22N4O2/c1-3-17-12(14-10-15-17)9-16-8-6-5-7-11(16)13(18)19-4-2/h10-11H,3-9H2,1-2H3. The minimum absolute atomic E-state index is 0.107. The lowest BCUT2D eigenvalue weighted by Crippen LogP contribution is -2.45. The minimum atomic E-state index is -0.129. The van der Waals surface area contributed by atoms with Crippen molar-refractivity contribution in [1.82, 2.24) is 19.7 Å². The third-order valence-electron chi connectivity index (χ3n) is 3.51. The van der Waals surface area contributed by atoms with Gasteiger partial charge in [0.05, 0.1) is 13.2 Å². The predicted molar refractivity (Wildman–Crippen MR) is 70.4 cm³/mol. The fourth-order valence-corrected chi connectivity index (χ4v) is 2.54. The summed E-state index contributed by atoms with van der Waals surface area (Å²) in [5, 5.41) is 4.17. The Bertz CT molecular complexity index is 419. The number of nitrogens with zero attached hydrogens (tertiary/aromatic N) is 4. The Morgan fingerprint density at radius 3 is 3.05 bits per heavy atom. The van der Waals surface area contributed by atoms with E-state index in [2.05, 4.69) is 15.0 Å². The number of likely N-dealkylation sites (tertiary alicyclic amines) is 1. The molecule has 1 fully saturated rings. The highest BCUT2D eigenvalue weighted by molar-refractivity contribution is 5.75. The summed E-state index contributed by atoms with van der Waals surface area (Å²) < 4.78 is 7.04. The van der Waals surface area contributed by atoms with E-state index in [-0.39, 0.29) is 12.0 Å². The number of aryl methyl sites for hydroxylation is 1. The lowest BCUT2D eigenvalue weighted by molar-refractivity contribution is -0.151. The maximum atomic E-state index is 12.0. The maximum Gasteiger partial charge on any atom is 0.323 e. The van der Waals surface area contributed by atoms with Crippen molar-refractivity contribution >= 4 is 5.97 Å². The summed E-state index contributed by atoms with van der Waals surface area (Å²) >= 11 is 0. The van der Waals surface area contributed by atoms with Gasteiger partial charge in [-0.3, -0.25) is 9.69 Å².